The summed E-state index contributed by atoms with van der Waals surface area (Å²) in [6.45, 7) is 5.63. The first-order valence-electron chi connectivity index (χ1n) is 9.87. The number of nitrogens with zero attached hydrogens (tertiary/aromatic N) is 2. The number of ether oxygens (including phenoxy) is 1. The topological polar surface area (TPSA) is 72.1 Å². The van der Waals surface area contributed by atoms with E-state index in [1.54, 1.807) is 49.1 Å². The summed E-state index contributed by atoms with van der Waals surface area (Å²) in [5.41, 5.74) is 1.41. The van der Waals surface area contributed by atoms with E-state index in [2.05, 4.69) is 4.99 Å². The zero-order valence-corrected chi connectivity index (χ0v) is 19.5. The van der Waals surface area contributed by atoms with Gasteiger partial charge in [0.05, 0.1) is 28.1 Å². The van der Waals surface area contributed by atoms with Gasteiger partial charge in [-0.05, 0) is 50.6 Å². The first-order valence-corrected chi connectivity index (χ1v) is 11.5. The largest absolute Gasteiger partial charge is 0.463 e. The molecule has 4 rings (SSSR count). The van der Waals surface area contributed by atoms with Crippen molar-refractivity contribution in [1.29, 1.82) is 0 Å². The average Bonchev–Trinajstić information content (AvgIpc) is 3.33. The fourth-order valence-electron chi connectivity index (χ4n) is 3.66. The van der Waals surface area contributed by atoms with Crippen LogP contribution in [0.15, 0.2) is 51.0 Å². The third kappa shape index (κ3) is 3.90. The van der Waals surface area contributed by atoms with Crippen molar-refractivity contribution in [3.63, 3.8) is 0 Å². The van der Waals surface area contributed by atoms with E-state index in [0.29, 0.717) is 44.4 Å². The lowest BCUT2D eigenvalue weighted by atomic mass is 9.99. The van der Waals surface area contributed by atoms with Gasteiger partial charge in [-0.25, -0.2) is 9.79 Å². The van der Waals surface area contributed by atoms with Gasteiger partial charge < -0.3 is 9.15 Å². The van der Waals surface area contributed by atoms with Crippen LogP contribution in [0.5, 0.6) is 0 Å². The SMILES string of the molecule is CCOC(=O)C1=C(C)N=C2S[C@H](CC)C(=O)N2[C@H]1c1ccc(-c2cc(Cl)ccc2Cl)o1. The summed E-state index contributed by atoms with van der Waals surface area (Å²) >= 11 is 13.9. The molecule has 2 aromatic rings. The Morgan fingerprint density at radius 1 is 1.26 bits per heavy atom. The zero-order valence-electron chi connectivity index (χ0n) is 17.1. The lowest BCUT2D eigenvalue weighted by Gasteiger charge is -2.31. The molecule has 0 spiro atoms. The summed E-state index contributed by atoms with van der Waals surface area (Å²) in [5, 5.41) is 1.30. The van der Waals surface area contributed by atoms with Crippen molar-refractivity contribution >= 4 is 52.0 Å². The van der Waals surface area contributed by atoms with Crippen LogP contribution in [0.3, 0.4) is 0 Å². The summed E-state index contributed by atoms with van der Waals surface area (Å²) in [4.78, 5) is 32.0. The molecule has 2 aliphatic heterocycles. The van der Waals surface area contributed by atoms with E-state index in [-0.39, 0.29) is 23.3 Å². The number of fused-ring (bicyclic) bond motifs is 1. The summed E-state index contributed by atoms with van der Waals surface area (Å²) in [7, 11) is 0. The number of esters is 1. The Labute approximate surface area is 194 Å². The molecule has 0 N–H and O–H groups in total. The summed E-state index contributed by atoms with van der Waals surface area (Å²) in [5.74, 6) is 0.277. The van der Waals surface area contributed by atoms with Crippen molar-refractivity contribution in [2.75, 3.05) is 6.61 Å². The summed E-state index contributed by atoms with van der Waals surface area (Å²) in [6.07, 6.45) is 0.654. The molecule has 0 unspecified atom stereocenters. The number of carbonyl (C=O) groups excluding carboxylic acids is 2. The fraction of sp³-hybridized carbons (Fsp3) is 0.318. The van der Waals surface area contributed by atoms with Crippen molar-refractivity contribution in [3.8, 4) is 11.3 Å². The normalized spacial score (nSPS) is 20.7. The van der Waals surface area contributed by atoms with E-state index in [4.69, 9.17) is 32.4 Å². The molecule has 3 heterocycles. The number of amidine groups is 1. The van der Waals surface area contributed by atoms with Crippen LogP contribution in [0, 0.1) is 0 Å². The third-order valence-electron chi connectivity index (χ3n) is 5.11. The first kappa shape index (κ1) is 22.0. The van der Waals surface area contributed by atoms with E-state index in [9.17, 15) is 9.59 Å². The maximum absolute atomic E-state index is 13.1. The number of aliphatic imine (C=N–C) groups is 1. The lowest BCUT2D eigenvalue weighted by Crippen LogP contribution is -2.40. The monoisotopic (exact) mass is 478 g/mol. The van der Waals surface area contributed by atoms with Crippen molar-refractivity contribution in [2.24, 2.45) is 4.99 Å². The Morgan fingerprint density at radius 3 is 2.74 bits per heavy atom. The van der Waals surface area contributed by atoms with Crippen LogP contribution in [0.25, 0.3) is 11.3 Å². The van der Waals surface area contributed by atoms with Gasteiger partial charge in [0.1, 0.15) is 17.6 Å². The Balaban J connectivity index is 1.82. The summed E-state index contributed by atoms with van der Waals surface area (Å²) in [6, 6.07) is 7.81. The molecule has 0 radical (unpaired) electrons. The molecule has 1 aromatic carbocycles. The molecule has 0 saturated carbocycles. The number of benzene rings is 1. The Kier molecular flexibility index (Phi) is 6.19. The molecule has 0 bridgehead atoms. The third-order valence-corrected chi connectivity index (χ3v) is 6.99. The molecule has 1 aromatic heterocycles. The number of thioether (sulfide) groups is 1. The second kappa shape index (κ2) is 8.73. The quantitative estimate of drug-likeness (QED) is 0.503. The van der Waals surface area contributed by atoms with Gasteiger partial charge in [-0.1, -0.05) is 41.9 Å². The van der Waals surface area contributed by atoms with Gasteiger partial charge in [-0.15, -0.1) is 0 Å². The molecule has 1 fully saturated rings. The highest BCUT2D eigenvalue weighted by Crippen LogP contribution is 2.45. The second-order valence-electron chi connectivity index (χ2n) is 7.07. The number of carbonyl (C=O) groups is 2. The molecule has 6 nitrogen and oxygen atoms in total. The van der Waals surface area contributed by atoms with Crippen LogP contribution in [0.2, 0.25) is 10.0 Å². The van der Waals surface area contributed by atoms with Crippen molar-refractivity contribution < 1.29 is 18.7 Å². The Bertz CT molecular complexity index is 1120. The standard InChI is InChI=1S/C22H20Cl2N2O4S/c1-4-17-20(27)26-19(18(21(28)29-5-2)11(3)25-22(26)31-17)16-9-8-15(30-16)13-10-12(23)6-7-14(13)24/h6-10,17,19H,4-5H2,1-3H3/t17-,19+/m1/s1. The molecule has 0 aliphatic carbocycles. The number of furan rings is 1. The minimum Gasteiger partial charge on any atom is -0.463 e. The van der Waals surface area contributed by atoms with Crippen molar-refractivity contribution in [1.82, 2.24) is 4.90 Å². The van der Waals surface area contributed by atoms with Gasteiger partial charge in [-0.2, -0.15) is 0 Å². The second-order valence-corrected chi connectivity index (χ2v) is 9.08. The van der Waals surface area contributed by atoms with Crippen LogP contribution >= 0.6 is 35.0 Å². The van der Waals surface area contributed by atoms with Crippen LogP contribution in [-0.4, -0.2) is 33.8 Å². The predicted octanol–water partition coefficient (Wildman–Crippen LogP) is 5.86. The molecule has 2 aliphatic rings. The number of hydrogen-bond donors (Lipinski definition) is 0. The number of rotatable bonds is 5. The number of amides is 1. The maximum atomic E-state index is 13.1. The highest BCUT2D eigenvalue weighted by molar-refractivity contribution is 8.15. The maximum Gasteiger partial charge on any atom is 0.338 e. The predicted molar refractivity (Wildman–Crippen MR) is 122 cm³/mol. The number of halogens is 2. The minimum atomic E-state index is -0.769. The van der Waals surface area contributed by atoms with Crippen molar-refractivity contribution in [2.45, 2.75) is 38.5 Å². The number of allylic oxidation sites excluding steroid dienone is 1. The van der Waals surface area contributed by atoms with E-state index < -0.39 is 12.0 Å². The van der Waals surface area contributed by atoms with E-state index >= 15 is 0 Å². The molecule has 162 valence electrons. The highest BCUT2D eigenvalue weighted by Gasteiger charge is 2.48. The molecule has 9 heteroatoms. The van der Waals surface area contributed by atoms with Gasteiger partial charge >= 0.3 is 5.97 Å². The zero-order chi connectivity index (χ0) is 22.3. The number of hydrogen-bond acceptors (Lipinski definition) is 6. The molecule has 1 amide bonds. The minimum absolute atomic E-state index is 0.107. The molecular weight excluding hydrogens is 459 g/mol. The molecular formula is C22H20Cl2N2O4S. The van der Waals surface area contributed by atoms with Crippen LogP contribution in [0.1, 0.15) is 39.0 Å². The van der Waals surface area contributed by atoms with Crippen LogP contribution in [-0.2, 0) is 14.3 Å². The van der Waals surface area contributed by atoms with Gasteiger partial charge in [0.2, 0.25) is 5.91 Å². The van der Waals surface area contributed by atoms with Crippen molar-refractivity contribution in [3.05, 3.63) is 57.4 Å². The van der Waals surface area contributed by atoms with Crippen LogP contribution in [0.4, 0.5) is 0 Å². The molecule has 2 atom stereocenters. The van der Waals surface area contributed by atoms with E-state index in [1.165, 1.54) is 11.8 Å². The Morgan fingerprint density at radius 2 is 2.03 bits per heavy atom. The summed E-state index contributed by atoms with van der Waals surface area (Å²) < 4.78 is 11.4. The van der Waals surface area contributed by atoms with Gasteiger partial charge in [0, 0.05) is 10.6 Å². The van der Waals surface area contributed by atoms with Gasteiger partial charge in [0.25, 0.3) is 0 Å². The smallest absolute Gasteiger partial charge is 0.338 e. The first-order chi connectivity index (χ1) is 14.8. The van der Waals surface area contributed by atoms with E-state index in [0.717, 1.165) is 0 Å². The van der Waals surface area contributed by atoms with Gasteiger partial charge in [-0.3, -0.25) is 9.69 Å². The molecule has 1 saturated heterocycles. The lowest BCUT2D eigenvalue weighted by molar-refractivity contribution is -0.139. The average molecular weight is 479 g/mol. The van der Waals surface area contributed by atoms with Crippen LogP contribution < -0.4 is 0 Å². The molecule has 31 heavy (non-hydrogen) atoms. The van der Waals surface area contributed by atoms with Gasteiger partial charge in [0.15, 0.2) is 5.17 Å². The Hall–Kier alpha value is -2.22. The van der Waals surface area contributed by atoms with E-state index in [1.807, 2.05) is 6.92 Å². The fourth-order valence-corrected chi connectivity index (χ4v) is 5.18. The highest BCUT2D eigenvalue weighted by atomic mass is 35.5.